The topological polar surface area (TPSA) is 50.7 Å². The zero-order valence-corrected chi connectivity index (χ0v) is 9.89. The van der Waals surface area contributed by atoms with Crippen molar-refractivity contribution in [2.45, 2.75) is 25.7 Å². The third-order valence-corrected chi connectivity index (χ3v) is 2.76. The Bertz CT molecular complexity index is 304. The Balaban J connectivity index is 0.000000136. The number of rotatable bonds is 0. The summed E-state index contributed by atoms with van der Waals surface area (Å²) in [4.78, 5) is 0. The first-order valence-electron chi connectivity index (χ1n) is 6.17. The van der Waals surface area contributed by atoms with E-state index in [4.69, 9.17) is 14.3 Å². The lowest BCUT2D eigenvalue weighted by molar-refractivity contribution is 0.342. The van der Waals surface area contributed by atoms with Crippen molar-refractivity contribution in [1.82, 2.24) is 5.32 Å². The van der Waals surface area contributed by atoms with Gasteiger partial charge in [-0.1, -0.05) is 25.0 Å². The van der Waals surface area contributed by atoms with Crippen molar-refractivity contribution in [3.63, 3.8) is 0 Å². The van der Waals surface area contributed by atoms with E-state index in [0.29, 0.717) is 11.5 Å². The predicted molar refractivity (Wildman–Crippen MR) is 67.0 cm³/mol. The van der Waals surface area contributed by atoms with Crippen LogP contribution in [-0.4, -0.2) is 25.4 Å². The van der Waals surface area contributed by atoms with Crippen LogP contribution in [-0.2, 0) is 0 Å². The first-order valence-corrected chi connectivity index (χ1v) is 6.17. The Morgan fingerprint density at radius 3 is 2.00 bits per heavy atom. The number of para-hydroxylation sites is 2. The molecule has 0 aromatic heterocycles. The molecule has 1 fully saturated rings. The molecule has 4 nitrogen and oxygen atoms in total. The minimum atomic E-state index is -1.13. The van der Waals surface area contributed by atoms with Crippen LogP contribution in [0.5, 0.6) is 11.5 Å². The summed E-state index contributed by atoms with van der Waals surface area (Å²) in [6, 6.07) is 7.12. The normalized spacial score (nSPS) is 18.1. The second-order valence-electron chi connectivity index (χ2n) is 4.15. The van der Waals surface area contributed by atoms with Crippen molar-refractivity contribution in [1.29, 1.82) is 0 Å². The monoisotopic (exact) mass is 235 g/mol. The van der Waals surface area contributed by atoms with E-state index in [1.165, 1.54) is 38.8 Å². The molecule has 2 aliphatic heterocycles. The Morgan fingerprint density at radius 2 is 1.47 bits per heavy atom. The first kappa shape index (κ1) is 12.3. The number of fused-ring (bicyclic) bond motifs is 1. The Kier molecular flexibility index (Phi) is 4.70. The summed E-state index contributed by atoms with van der Waals surface area (Å²) in [5, 5.41) is 12.2. The van der Waals surface area contributed by atoms with Crippen LogP contribution in [0.4, 0.5) is 0 Å². The molecule has 0 amide bonds. The lowest BCUT2D eigenvalue weighted by atomic mass is 10.2. The summed E-state index contributed by atoms with van der Waals surface area (Å²) < 4.78 is 9.68. The standard InChI is InChI=1S/C6H5BO3.C6H13N/c8-7-9-5-3-1-2-4-6(5)10-7;1-2-4-6-7-5-3-1/h1-4,8H;7H,1-6H2. The van der Waals surface area contributed by atoms with Crippen molar-refractivity contribution < 1.29 is 14.3 Å². The second kappa shape index (κ2) is 6.52. The fraction of sp³-hybridized carbons (Fsp3) is 0.500. The van der Waals surface area contributed by atoms with Gasteiger partial charge in [-0.25, -0.2) is 0 Å². The van der Waals surface area contributed by atoms with Gasteiger partial charge in [-0.3, -0.25) is 0 Å². The lowest BCUT2D eigenvalue weighted by Crippen LogP contribution is -2.23. The Hall–Kier alpha value is -1.20. The van der Waals surface area contributed by atoms with Gasteiger partial charge in [0.25, 0.3) is 0 Å². The molecule has 92 valence electrons. The molecule has 0 atom stereocenters. The molecule has 1 aromatic carbocycles. The van der Waals surface area contributed by atoms with Gasteiger partial charge in [0.2, 0.25) is 0 Å². The van der Waals surface area contributed by atoms with Crippen LogP contribution >= 0.6 is 0 Å². The third kappa shape index (κ3) is 3.95. The van der Waals surface area contributed by atoms with Crippen LogP contribution in [0.1, 0.15) is 25.7 Å². The molecule has 3 rings (SSSR count). The van der Waals surface area contributed by atoms with Crippen LogP contribution < -0.4 is 14.6 Å². The molecular weight excluding hydrogens is 217 g/mol. The van der Waals surface area contributed by atoms with E-state index in [0.717, 1.165) is 0 Å². The van der Waals surface area contributed by atoms with Crippen LogP contribution in [0.15, 0.2) is 24.3 Å². The van der Waals surface area contributed by atoms with E-state index in [1.54, 1.807) is 12.1 Å². The minimum Gasteiger partial charge on any atom is -0.498 e. The van der Waals surface area contributed by atoms with Crippen molar-refractivity contribution in [3.05, 3.63) is 24.3 Å². The maximum absolute atomic E-state index is 8.81. The molecule has 1 aromatic rings. The fourth-order valence-corrected chi connectivity index (χ4v) is 1.86. The van der Waals surface area contributed by atoms with E-state index in [9.17, 15) is 0 Å². The summed E-state index contributed by atoms with van der Waals surface area (Å²) in [6.07, 6.45) is 5.65. The van der Waals surface area contributed by atoms with E-state index in [-0.39, 0.29) is 0 Å². The molecule has 2 N–H and O–H groups in total. The summed E-state index contributed by atoms with van der Waals surface area (Å²) in [5.41, 5.74) is 0. The highest BCUT2D eigenvalue weighted by Crippen LogP contribution is 2.31. The molecule has 2 heterocycles. The smallest absolute Gasteiger partial charge is 0.498 e. The van der Waals surface area contributed by atoms with Gasteiger partial charge in [0.05, 0.1) is 0 Å². The van der Waals surface area contributed by atoms with Gasteiger partial charge in [0.15, 0.2) is 0 Å². The van der Waals surface area contributed by atoms with Crippen LogP contribution in [0.25, 0.3) is 0 Å². The highest BCUT2D eigenvalue weighted by atomic mass is 16.7. The number of benzene rings is 1. The maximum Gasteiger partial charge on any atom is 0.785 e. The predicted octanol–water partition coefficient (Wildman–Crippen LogP) is 1.58. The molecule has 2 aliphatic rings. The van der Waals surface area contributed by atoms with Gasteiger partial charge in [-0.2, -0.15) is 0 Å². The molecule has 5 heteroatoms. The van der Waals surface area contributed by atoms with Gasteiger partial charge >= 0.3 is 7.32 Å². The molecule has 0 spiro atoms. The first-order chi connectivity index (χ1) is 8.36. The average Bonchev–Trinajstić information content (AvgIpc) is 2.57. The molecule has 17 heavy (non-hydrogen) atoms. The summed E-state index contributed by atoms with van der Waals surface area (Å²) in [7, 11) is -1.13. The van der Waals surface area contributed by atoms with Crippen LogP contribution in [0.3, 0.4) is 0 Å². The van der Waals surface area contributed by atoms with E-state index in [2.05, 4.69) is 5.32 Å². The molecule has 0 radical (unpaired) electrons. The zero-order chi connectivity index (χ0) is 11.9. The van der Waals surface area contributed by atoms with Gasteiger partial charge in [-0.05, 0) is 38.1 Å². The fourth-order valence-electron chi connectivity index (χ4n) is 1.86. The highest BCUT2D eigenvalue weighted by Gasteiger charge is 2.30. The minimum absolute atomic E-state index is 0.593. The number of hydrogen-bond donors (Lipinski definition) is 2. The maximum atomic E-state index is 8.81. The third-order valence-electron chi connectivity index (χ3n) is 2.76. The van der Waals surface area contributed by atoms with Crippen molar-refractivity contribution in [3.8, 4) is 11.5 Å². The van der Waals surface area contributed by atoms with Crippen LogP contribution in [0, 0.1) is 0 Å². The van der Waals surface area contributed by atoms with E-state index in [1.807, 2.05) is 12.1 Å². The van der Waals surface area contributed by atoms with Gasteiger partial charge in [0.1, 0.15) is 11.5 Å². The zero-order valence-electron chi connectivity index (χ0n) is 9.89. The molecule has 1 saturated heterocycles. The molecule has 0 unspecified atom stereocenters. The Labute approximate surface area is 102 Å². The van der Waals surface area contributed by atoms with Gasteiger partial charge in [-0.15, -0.1) is 0 Å². The van der Waals surface area contributed by atoms with E-state index >= 15 is 0 Å². The van der Waals surface area contributed by atoms with Crippen LogP contribution in [0.2, 0.25) is 0 Å². The summed E-state index contributed by atoms with van der Waals surface area (Å²) in [6.45, 7) is 2.50. The average molecular weight is 235 g/mol. The molecule has 0 bridgehead atoms. The van der Waals surface area contributed by atoms with Crippen molar-refractivity contribution >= 4 is 7.32 Å². The molecule has 0 saturated carbocycles. The largest absolute Gasteiger partial charge is 0.785 e. The van der Waals surface area contributed by atoms with Gasteiger partial charge in [0, 0.05) is 0 Å². The Morgan fingerprint density at radius 1 is 0.941 bits per heavy atom. The molecular formula is C12H18BNO3. The number of nitrogens with one attached hydrogen (secondary N) is 1. The van der Waals surface area contributed by atoms with E-state index < -0.39 is 7.32 Å². The summed E-state index contributed by atoms with van der Waals surface area (Å²) >= 11 is 0. The van der Waals surface area contributed by atoms with Crippen molar-refractivity contribution in [2.24, 2.45) is 0 Å². The lowest BCUT2D eigenvalue weighted by Gasteiger charge is -1.91. The van der Waals surface area contributed by atoms with Crippen molar-refractivity contribution in [2.75, 3.05) is 13.1 Å². The molecule has 0 aliphatic carbocycles. The quantitative estimate of drug-likeness (QED) is 0.670. The summed E-state index contributed by atoms with van der Waals surface area (Å²) in [5.74, 6) is 1.19. The van der Waals surface area contributed by atoms with Gasteiger partial charge < -0.3 is 19.6 Å². The highest BCUT2D eigenvalue weighted by molar-refractivity contribution is 6.38. The second-order valence-corrected chi connectivity index (χ2v) is 4.15. The SMILES string of the molecule is C1CCCNCC1.OB1Oc2ccccc2O1. The number of hydrogen-bond acceptors (Lipinski definition) is 4.